The summed E-state index contributed by atoms with van der Waals surface area (Å²) in [6, 6.07) is 0. The Bertz CT molecular complexity index is 335. The highest BCUT2D eigenvalue weighted by molar-refractivity contribution is 5.66. The van der Waals surface area contributed by atoms with Crippen molar-refractivity contribution in [3.05, 3.63) is 12.2 Å². The van der Waals surface area contributed by atoms with Crippen molar-refractivity contribution in [3.8, 4) is 0 Å². The summed E-state index contributed by atoms with van der Waals surface area (Å²) in [4.78, 5) is 10.4. The number of carboxylic acid groups (broad SMARTS) is 1. The molecule has 0 unspecified atom stereocenters. The molecular weight excluding hydrogens is 344 g/mol. The van der Waals surface area contributed by atoms with Crippen molar-refractivity contribution in [1.29, 1.82) is 0 Å². The number of allylic oxidation sites excluding steroid dienone is 2. The molecule has 28 heavy (non-hydrogen) atoms. The van der Waals surface area contributed by atoms with Gasteiger partial charge in [-0.15, -0.1) is 0 Å². The standard InChI is InChI=1S/C26H50O2/c1-2-3-4-5-6-7-8-9-10-11-12-13-14-15-16-17-18-19-20-21-22-23-24-25-26(27)28/h8-9H,2-7,10-25H2,1H3,(H,27,28)/b9-8+. The zero-order valence-corrected chi connectivity index (χ0v) is 19.1. The van der Waals surface area contributed by atoms with Gasteiger partial charge in [0.1, 0.15) is 0 Å². The van der Waals surface area contributed by atoms with Gasteiger partial charge in [0.15, 0.2) is 0 Å². The highest BCUT2D eigenvalue weighted by Crippen LogP contribution is 2.14. The number of carbonyl (C=O) groups is 1. The minimum Gasteiger partial charge on any atom is -0.481 e. The molecule has 0 aliphatic heterocycles. The van der Waals surface area contributed by atoms with E-state index in [4.69, 9.17) is 5.11 Å². The van der Waals surface area contributed by atoms with Crippen LogP contribution < -0.4 is 0 Å². The molecule has 0 amide bonds. The number of hydrogen-bond donors (Lipinski definition) is 1. The van der Waals surface area contributed by atoms with Crippen LogP contribution in [-0.2, 0) is 4.79 Å². The monoisotopic (exact) mass is 394 g/mol. The van der Waals surface area contributed by atoms with Gasteiger partial charge in [0, 0.05) is 6.42 Å². The lowest BCUT2D eigenvalue weighted by Crippen LogP contribution is -1.93. The van der Waals surface area contributed by atoms with E-state index in [0.29, 0.717) is 6.42 Å². The van der Waals surface area contributed by atoms with E-state index in [2.05, 4.69) is 19.1 Å². The molecule has 0 saturated heterocycles. The van der Waals surface area contributed by atoms with Crippen molar-refractivity contribution >= 4 is 5.97 Å². The Balaban J connectivity index is 3.05. The van der Waals surface area contributed by atoms with Crippen LogP contribution in [0.1, 0.15) is 148 Å². The van der Waals surface area contributed by atoms with Crippen molar-refractivity contribution in [3.63, 3.8) is 0 Å². The van der Waals surface area contributed by atoms with Crippen LogP contribution in [0.5, 0.6) is 0 Å². The molecule has 0 spiro atoms. The normalized spacial score (nSPS) is 11.5. The average Bonchev–Trinajstić information content (AvgIpc) is 2.68. The second kappa shape index (κ2) is 24.2. The first-order valence-corrected chi connectivity index (χ1v) is 12.6. The number of carboxylic acids is 1. The molecule has 0 saturated carbocycles. The van der Waals surface area contributed by atoms with Crippen LogP contribution in [0.25, 0.3) is 0 Å². The van der Waals surface area contributed by atoms with Crippen LogP contribution in [0, 0.1) is 0 Å². The van der Waals surface area contributed by atoms with Gasteiger partial charge >= 0.3 is 5.97 Å². The largest absolute Gasteiger partial charge is 0.481 e. The van der Waals surface area contributed by atoms with Crippen molar-refractivity contribution in [2.24, 2.45) is 0 Å². The van der Waals surface area contributed by atoms with Gasteiger partial charge < -0.3 is 5.11 Å². The van der Waals surface area contributed by atoms with Gasteiger partial charge in [-0.3, -0.25) is 4.79 Å². The molecule has 0 aromatic carbocycles. The summed E-state index contributed by atoms with van der Waals surface area (Å²) in [7, 11) is 0. The summed E-state index contributed by atoms with van der Waals surface area (Å²) in [6.45, 7) is 2.28. The van der Waals surface area contributed by atoms with Crippen LogP contribution in [0.3, 0.4) is 0 Å². The molecule has 0 bridgehead atoms. The van der Waals surface area contributed by atoms with Gasteiger partial charge in [0.2, 0.25) is 0 Å². The molecule has 0 fully saturated rings. The quantitative estimate of drug-likeness (QED) is 0.138. The van der Waals surface area contributed by atoms with Gasteiger partial charge in [-0.25, -0.2) is 0 Å². The lowest BCUT2D eigenvalue weighted by Gasteiger charge is -2.03. The fourth-order valence-corrected chi connectivity index (χ4v) is 3.76. The summed E-state index contributed by atoms with van der Waals surface area (Å²) in [6.07, 6.45) is 33.0. The van der Waals surface area contributed by atoms with Crippen LogP contribution in [0.4, 0.5) is 0 Å². The van der Waals surface area contributed by atoms with Crippen LogP contribution in [0.15, 0.2) is 12.2 Å². The van der Waals surface area contributed by atoms with E-state index < -0.39 is 5.97 Å². The lowest BCUT2D eigenvalue weighted by atomic mass is 10.0. The summed E-state index contributed by atoms with van der Waals surface area (Å²) in [5.41, 5.74) is 0. The molecular formula is C26H50O2. The SMILES string of the molecule is CCCCCCC/C=C/CCCCCCCCCCCCCCCCC(=O)O. The number of aliphatic carboxylic acids is 1. The van der Waals surface area contributed by atoms with Gasteiger partial charge in [-0.1, -0.05) is 122 Å². The first-order valence-electron chi connectivity index (χ1n) is 12.6. The summed E-state index contributed by atoms with van der Waals surface area (Å²) >= 11 is 0. The van der Waals surface area contributed by atoms with Crippen molar-refractivity contribution < 1.29 is 9.90 Å². The Morgan fingerprint density at radius 2 is 0.857 bits per heavy atom. The molecule has 166 valence electrons. The second-order valence-corrected chi connectivity index (χ2v) is 8.56. The molecule has 0 heterocycles. The van der Waals surface area contributed by atoms with E-state index >= 15 is 0 Å². The molecule has 0 aromatic rings. The molecule has 0 aliphatic rings. The third-order valence-electron chi connectivity index (χ3n) is 5.65. The number of hydrogen-bond acceptors (Lipinski definition) is 1. The van der Waals surface area contributed by atoms with E-state index in [-0.39, 0.29) is 0 Å². The van der Waals surface area contributed by atoms with Crippen molar-refractivity contribution in [2.45, 2.75) is 148 Å². The first-order chi connectivity index (χ1) is 13.8. The molecule has 0 atom stereocenters. The molecule has 2 heteroatoms. The molecule has 0 rings (SSSR count). The Kier molecular flexibility index (Phi) is 23.6. The van der Waals surface area contributed by atoms with Crippen LogP contribution in [-0.4, -0.2) is 11.1 Å². The number of rotatable bonds is 23. The molecule has 0 radical (unpaired) electrons. The summed E-state index contributed by atoms with van der Waals surface area (Å²) in [5, 5.41) is 8.58. The maximum atomic E-state index is 10.4. The molecule has 0 aromatic heterocycles. The second-order valence-electron chi connectivity index (χ2n) is 8.56. The maximum absolute atomic E-state index is 10.4. The van der Waals surface area contributed by atoms with Gasteiger partial charge in [-0.05, 0) is 32.1 Å². The summed E-state index contributed by atoms with van der Waals surface area (Å²) < 4.78 is 0. The fourth-order valence-electron chi connectivity index (χ4n) is 3.76. The van der Waals surface area contributed by atoms with Crippen molar-refractivity contribution in [2.75, 3.05) is 0 Å². The Morgan fingerprint density at radius 3 is 1.21 bits per heavy atom. The van der Waals surface area contributed by atoms with Crippen LogP contribution >= 0.6 is 0 Å². The zero-order chi connectivity index (χ0) is 20.5. The zero-order valence-electron chi connectivity index (χ0n) is 19.1. The number of unbranched alkanes of at least 4 members (excludes halogenated alkanes) is 19. The Morgan fingerprint density at radius 1 is 0.536 bits per heavy atom. The molecule has 1 N–H and O–H groups in total. The van der Waals surface area contributed by atoms with E-state index in [1.165, 1.54) is 122 Å². The first kappa shape index (κ1) is 27.2. The smallest absolute Gasteiger partial charge is 0.303 e. The minimum absolute atomic E-state index is 0.343. The average molecular weight is 395 g/mol. The predicted octanol–water partition coefficient (Wildman–Crippen LogP) is 9.23. The summed E-state index contributed by atoms with van der Waals surface area (Å²) in [5.74, 6) is -0.652. The third-order valence-corrected chi connectivity index (χ3v) is 5.65. The highest BCUT2D eigenvalue weighted by atomic mass is 16.4. The van der Waals surface area contributed by atoms with Gasteiger partial charge in [0.05, 0.1) is 0 Å². The Hall–Kier alpha value is -0.790. The topological polar surface area (TPSA) is 37.3 Å². The minimum atomic E-state index is -0.652. The fraction of sp³-hybridized carbons (Fsp3) is 0.885. The van der Waals surface area contributed by atoms with E-state index in [1.54, 1.807) is 0 Å². The molecule has 2 nitrogen and oxygen atoms in total. The third kappa shape index (κ3) is 25.2. The van der Waals surface area contributed by atoms with Crippen LogP contribution in [0.2, 0.25) is 0 Å². The van der Waals surface area contributed by atoms with Gasteiger partial charge in [0.25, 0.3) is 0 Å². The van der Waals surface area contributed by atoms with Gasteiger partial charge in [-0.2, -0.15) is 0 Å². The lowest BCUT2D eigenvalue weighted by molar-refractivity contribution is -0.137. The van der Waals surface area contributed by atoms with E-state index in [0.717, 1.165) is 12.8 Å². The Labute approximate surface area is 176 Å². The highest BCUT2D eigenvalue weighted by Gasteiger charge is 1.97. The maximum Gasteiger partial charge on any atom is 0.303 e. The van der Waals surface area contributed by atoms with E-state index in [1.807, 2.05) is 0 Å². The van der Waals surface area contributed by atoms with E-state index in [9.17, 15) is 4.79 Å². The van der Waals surface area contributed by atoms with Crippen molar-refractivity contribution in [1.82, 2.24) is 0 Å². The predicted molar refractivity (Wildman–Crippen MR) is 124 cm³/mol. The molecule has 0 aliphatic carbocycles.